The van der Waals surface area contributed by atoms with Gasteiger partial charge in [0.05, 0.1) is 6.26 Å². The fourth-order valence-electron chi connectivity index (χ4n) is 1.59. The topological polar surface area (TPSA) is 59.3 Å². The van der Waals surface area contributed by atoms with Crippen molar-refractivity contribution in [3.8, 4) is 0 Å². The van der Waals surface area contributed by atoms with Gasteiger partial charge in [0.25, 0.3) is 0 Å². The minimum absolute atomic E-state index is 0.0138. The van der Waals surface area contributed by atoms with E-state index in [2.05, 4.69) is 5.32 Å². The van der Waals surface area contributed by atoms with Gasteiger partial charge in [-0.05, 0) is 18.6 Å². The third-order valence-corrected chi connectivity index (χ3v) is 2.31. The number of ketones is 1. The molecule has 1 fully saturated rings. The van der Waals surface area contributed by atoms with Crippen LogP contribution in [0.1, 0.15) is 29.8 Å². The Kier molecular flexibility index (Phi) is 2.35. The molecular weight excluding hydrogens is 182 g/mol. The van der Waals surface area contributed by atoms with E-state index >= 15 is 0 Å². The van der Waals surface area contributed by atoms with Gasteiger partial charge in [-0.25, -0.2) is 0 Å². The molecule has 14 heavy (non-hydrogen) atoms. The molecule has 0 radical (unpaired) electrons. The standard InChI is InChI=1S/C10H11NO3/c12-8(9-2-1-5-14-9)6-7-3-4-10(13)11-7/h1-2,5,7H,3-4,6H2,(H,11,13)/t7-/m0/s1. The number of furan rings is 1. The summed E-state index contributed by atoms with van der Waals surface area (Å²) in [6.45, 7) is 0. The molecule has 4 nitrogen and oxygen atoms in total. The normalized spacial score (nSPS) is 20.9. The van der Waals surface area contributed by atoms with Crippen molar-refractivity contribution in [2.75, 3.05) is 0 Å². The molecule has 2 heterocycles. The summed E-state index contributed by atoms with van der Waals surface area (Å²) in [7, 11) is 0. The number of nitrogens with one attached hydrogen (secondary N) is 1. The van der Waals surface area contributed by atoms with E-state index < -0.39 is 0 Å². The van der Waals surface area contributed by atoms with Gasteiger partial charge in [-0.1, -0.05) is 0 Å². The second-order valence-corrected chi connectivity index (χ2v) is 3.41. The van der Waals surface area contributed by atoms with Gasteiger partial charge in [0, 0.05) is 18.9 Å². The van der Waals surface area contributed by atoms with E-state index in [9.17, 15) is 9.59 Å². The average Bonchev–Trinajstić information content (AvgIpc) is 2.75. The summed E-state index contributed by atoms with van der Waals surface area (Å²) >= 11 is 0. The molecule has 1 aliphatic rings. The highest BCUT2D eigenvalue weighted by Crippen LogP contribution is 2.13. The number of rotatable bonds is 3. The molecule has 0 saturated carbocycles. The number of hydrogen-bond acceptors (Lipinski definition) is 3. The zero-order chi connectivity index (χ0) is 9.97. The Morgan fingerprint density at radius 1 is 1.64 bits per heavy atom. The van der Waals surface area contributed by atoms with E-state index in [0.29, 0.717) is 18.6 Å². The van der Waals surface area contributed by atoms with Crippen LogP contribution in [-0.2, 0) is 4.79 Å². The molecule has 1 aromatic heterocycles. The quantitative estimate of drug-likeness (QED) is 0.732. The summed E-state index contributed by atoms with van der Waals surface area (Å²) in [5.74, 6) is 0.343. The molecule has 1 aliphatic heterocycles. The number of carbonyl (C=O) groups excluding carboxylic acids is 2. The van der Waals surface area contributed by atoms with Crippen LogP contribution in [0.3, 0.4) is 0 Å². The van der Waals surface area contributed by atoms with Crippen molar-refractivity contribution in [3.05, 3.63) is 24.2 Å². The van der Waals surface area contributed by atoms with Crippen LogP contribution in [0.5, 0.6) is 0 Å². The van der Waals surface area contributed by atoms with Crippen LogP contribution in [0, 0.1) is 0 Å². The first-order valence-corrected chi connectivity index (χ1v) is 4.62. The maximum absolute atomic E-state index is 11.5. The lowest BCUT2D eigenvalue weighted by Gasteiger charge is -2.06. The Labute approximate surface area is 81.3 Å². The largest absolute Gasteiger partial charge is 0.461 e. The van der Waals surface area contributed by atoms with Crippen molar-refractivity contribution in [2.24, 2.45) is 0 Å². The van der Waals surface area contributed by atoms with Crippen molar-refractivity contribution in [1.29, 1.82) is 0 Å². The van der Waals surface area contributed by atoms with Gasteiger partial charge in [-0.15, -0.1) is 0 Å². The van der Waals surface area contributed by atoms with E-state index in [0.717, 1.165) is 6.42 Å². The number of carbonyl (C=O) groups is 2. The van der Waals surface area contributed by atoms with Gasteiger partial charge in [0.15, 0.2) is 11.5 Å². The SMILES string of the molecule is O=C1CC[C@@H](CC(=O)c2ccco2)N1. The van der Waals surface area contributed by atoms with Crippen LogP contribution in [-0.4, -0.2) is 17.7 Å². The molecule has 4 heteroatoms. The summed E-state index contributed by atoms with van der Waals surface area (Å²) in [6, 6.07) is 3.31. The zero-order valence-corrected chi connectivity index (χ0v) is 7.66. The minimum Gasteiger partial charge on any atom is -0.461 e. The maximum atomic E-state index is 11.5. The van der Waals surface area contributed by atoms with E-state index in [1.165, 1.54) is 6.26 Å². The Bertz CT molecular complexity index is 342. The first-order valence-electron chi connectivity index (χ1n) is 4.62. The molecule has 1 amide bonds. The van der Waals surface area contributed by atoms with Crippen LogP contribution in [0.15, 0.2) is 22.8 Å². The fourth-order valence-corrected chi connectivity index (χ4v) is 1.59. The predicted molar refractivity (Wildman–Crippen MR) is 48.8 cm³/mol. The maximum Gasteiger partial charge on any atom is 0.220 e. The highest BCUT2D eigenvalue weighted by Gasteiger charge is 2.24. The van der Waals surface area contributed by atoms with Crippen molar-refractivity contribution in [1.82, 2.24) is 5.32 Å². The smallest absolute Gasteiger partial charge is 0.220 e. The summed E-state index contributed by atoms with van der Waals surface area (Å²) in [6.07, 6.45) is 3.07. The molecule has 74 valence electrons. The zero-order valence-electron chi connectivity index (χ0n) is 7.66. The van der Waals surface area contributed by atoms with E-state index in [1.54, 1.807) is 12.1 Å². The van der Waals surface area contributed by atoms with Crippen molar-refractivity contribution < 1.29 is 14.0 Å². The lowest BCUT2D eigenvalue weighted by atomic mass is 10.1. The molecule has 0 aromatic carbocycles. The first kappa shape index (κ1) is 8.99. The van der Waals surface area contributed by atoms with Crippen LogP contribution in [0.4, 0.5) is 0 Å². The molecule has 0 bridgehead atoms. The summed E-state index contributed by atoms with van der Waals surface area (Å²) in [5, 5.41) is 2.75. The van der Waals surface area contributed by atoms with Crippen molar-refractivity contribution >= 4 is 11.7 Å². The molecular formula is C10H11NO3. The molecule has 0 unspecified atom stereocenters. The molecule has 1 atom stereocenters. The number of amides is 1. The second kappa shape index (κ2) is 3.65. The molecule has 1 saturated heterocycles. The Hall–Kier alpha value is -1.58. The lowest BCUT2D eigenvalue weighted by Crippen LogP contribution is -2.27. The van der Waals surface area contributed by atoms with Gasteiger partial charge in [0.1, 0.15) is 0 Å². The van der Waals surface area contributed by atoms with Crippen LogP contribution in [0.2, 0.25) is 0 Å². The van der Waals surface area contributed by atoms with Crippen LogP contribution in [0.25, 0.3) is 0 Å². The van der Waals surface area contributed by atoms with Gasteiger partial charge in [-0.2, -0.15) is 0 Å². The third kappa shape index (κ3) is 1.84. The van der Waals surface area contributed by atoms with Crippen LogP contribution >= 0.6 is 0 Å². The highest BCUT2D eigenvalue weighted by atomic mass is 16.3. The van der Waals surface area contributed by atoms with Gasteiger partial charge in [0.2, 0.25) is 5.91 Å². The number of Topliss-reactive ketones (excluding diaryl/α,β-unsaturated/α-hetero) is 1. The van der Waals surface area contributed by atoms with Crippen molar-refractivity contribution in [2.45, 2.75) is 25.3 Å². The molecule has 1 N–H and O–H groups in total. The van der Waals surface area contributed by atoms with E-state index in [1.807, 2.05) is 0 Å². The van der Waals surface area contributed by atoms with Gasteiger partial charge < -0.3 is 9.73 Å². The van der Waals surface area contributed by atoms with E-state index in [4.69, 9.17) is 4.42 Å². The molecule has 0 spiro atoms. The molecule has 2 rings (SSSR count). The minimum atomic E-state index is -0.0535. The van der Waals surface area contributed by atoms with E-state index in [-0.39, 0.29) is 17.7 Å². The Morgan fingerprint density at radius 2 is 2.50 bits per heavy atom. The highest BCUT2D eigenvalue weighted by molar-refractivity contribution is 5.94. The average molecular weight is 193 g/mol. The van der Waals surface area contributed by atoms with Gasteiger partial charge >= 0.3 is 0 Å². The first-order chi connectivity index (χ1) is 6.75. The molecule has 1 aromatic rings. The molecule has 0 aliphatic carbocycles. The lowest BCUT2D eigenvalue weighted by molar-refractivity contribution is -0.119. The summed E-state index contributed by atoms with van der Waals surface area (Å²) in [5.41, 5.74) is 0. The third-order valence-electron chi connectivity index (χ3n) is 2.31. The Morgan fingerprint density at radius 3 is 3.07 bits per heavy atom. The van der Waals surface area contributed by atoms with Crippen LogP contribution < -0.4 is 5.32 Å². The van der Waals surface area contributed by atoms with Gasteiger partial charge in [-0.3, -0.25) is 9.59 Å². The summed E-state index contributed by atoms with van der Waals surface area (Å²) < 4.78 is 4.97. The fraction of sp³-hybridized carbons (Fsp3) is 0.400. The second-order valence-electron chi connectivity index (χ2n) is 3.41. The Balaban J connectivity index is 1.92. The number of hydrogen-bond donors (Lipinski definition) is 1. The van der Waals surface area contributed by atoms with Crippen molar-refractivity contribution in [3.63, 3.8) is 0 Å². The summed E-state index contributed by atoms with van der Waals surface area (Å²) in [4.78, 5) is 22.4. The monoisotopic (exact) mass is 193 g/mol. The predicted octanol–water partition coefficient (Wildman–Crippen LogP) is 1.13.